The summed E-state index contributed by atoms with van der Waals surface area (Å²) in [5, 5.41) is 67.7. The predicted molar refractivity (Wildman–Crippen MR) is 356 cm³/mol. The van der Waals surface area contributed by atoms with E-state index in [1.807, 2.05) is 6.92 Å². The van der Waals surface area contributed by atoms with Gasteiger partial charge in [-0.15, -0.1) is 0 Å². The summed E-state index contributed by atoms with van der Waals surface area (Å²) < 4.78 is 28.8. The molecule has 0 radical (unpaired) electrons. The molecule has 0 aliphatic rings. The predicted octanol–water partition coefficient (Wildman–Crippen LogP) is 8.54. The fourth-order valence-corrected chi connectivity index (χ4v) is 7.58. The van der Waals surface area contributed by atoms with Crippen molar-refractivity contribution < 1.29 is 146 Å². The third kappa shape index (κ3) is 83.9. The van der Waals surface area contributed by atoms with E-state index in [1.165, 1.54) is 71.1 Å². The number of hydrogen-bond donors (Lipinski definition) is 8. The standard InChI is InChI=1S/C28H51NO7.C13H21NO7.C11H16O8.C10H14O8.4CH4/c1-4-5-6-7-8-9-10-11-12-13-14-15-20-29(21-23(2)25(30)16-17-26(31)32)22-24(3)36-28(35)19-18-27(33)34;1-14(7-6-10(15)2-3-11(16)17)8-9-21-13(20)5-4-12(18)19;1-7(19-11(17)5-3-9(14)15)6-18-10(16)4-2-8(12)13;11-7(12)1-3-9(15)17-5-6-18-10(16)4-2-8(13)14;;;;/h23-24H,4-22H2,1-3H3,(H,31,32)(H,33,34);2-9H2,1H3,(H,16,17)(H,18,19);7H,2-6H2,1H3,(H,12,13)(H,14,15);1-6H2,(H,11,12)(H,13,14);4*1H4. The number of ether oxygens (including phenoxy) is 6. The Morgan fingerprint density at radius 3 is 0.990 bits per heavy atom. The first-order chi connectivity index (χ1) is 44.2. The fraction of sp³-hybridized carbons (Fsp3) is 0.758. The van der Waals surface area contributed by atoms with Crippen LogP contribution in [0.4, 0.5) is 0 Å². The van der Waals surface area contributed by atoms with E-state index in [-0.39, 0.29) is 183 Å². The van der Waals surface area contributed by atoms with Crippen LogP contribution in [0.3, 0.4) is 0 Å². The molecule has 0 saturated carbocycles. The van der Waals surface area contributed by atoms with Gasteiger partial charge in [-0.3, -0.25) is 81.6 Å². The minimum atomic E-state index is -1.11. The topological polar surface area (TPSA) is 497 Å². The molecule has 0 rings (SSSR count). The van der Waals surface area contributed by atoms with Gasteiger partial charge in [-0.25, -0.2) is 0 Å². The molecule has 0 spiro atoms. The van der Waals surface area contributed by atoms with Gasteiger partial charge in [-0.2, -0.15) is 0 Å². The van der Waals surface area contributed by atoms with Gasteiger partial charge in [0, 0.05) is 51.4 Å². The number of carboxylic acids is 8. The molecule has 0 aromatic heterocycles. The number of nitrogens with zero attached hydrogens (tertiary/aromatic N) is 2. The van der Waals surface area contributed by atoms with Crippen molar-refractivity contribution in [2.45, 2.75) is 256 Å². The van der Waals surface area contributed by atoms with E-state index in [4.69, 9.17) is 55.1 Å². The Bertz CT molecular complexity index is 2260. The van der Waals surface area contributed by atoms with Gasteiger partial charge >= 0.3 is 83.6 Å². The minimum Gasteiger partial charge on any atom is -0.481 e. The molecule has 0 aliphatic carbocycles. The van der Waals surface area contributed by atoms with Crippen molar-refractivity contribution in [2.24, 2.45) is 5.92 Å². The Labute approximate surface area is 577 Å². The average Bonchev–Trinajstić information content (AvgIpc) is 1.19. The van der Waals surface area contributed by atoms with Gasteiger partial charge in [0.1, 0.15) is 50.2 Å². The number of rotatable bonds is 55. The second kappa shape index (κ2) is 70.2. The molecule has 3 atom stereocenters. The highest BCUT2D eigenvalue weighted by molar-refractivity contribution is 5.85. The van der Waals surface area contributed by atoms with Crippen molar-refractivity contribution in [1.82, 2.24) is 9.80 Å². The van der Waals surface area contributed by atoms with Crippen LogP contribution in [-0.2, 0) is 105 Å². The number of carbonyl (C=O) groups excluding carboxylic acids is 8. The summed E-state index contributed by atoms with van der Waals surface area (Å²) in [6.07, 6.45) is 10.7. The Hall–Kier alpha value is -8.16. The number of ketones is 2. The molecule has 3 unspecified atom stereocenters. The van der Waals surface area contributed by atoms with Crippen molar-refractivity contribution in [3.8, 4) is 0 Å². The molecule has 0 saturated heterocycles. The monoisotopic (exact) mass is 1420 g/mol. The van der Waals surface area contributed by atoms with Gasteiger partial charge in [-0.1, -0.05) is 114 Å². The van der Waals surface area contributed by atoms with E-state index in [9.17, 15) is 76.7 Å². The van der Waals surface area contributed by atoms with E-state index in [0.717, 1.165) is 19.4 Å². The number of hydrogen-bond acceptors (Lipinski definition) is 24. The first kappa shape index (κ1) is 106. The molecule has 572 valence electrons. The van der Waals surface area contributed by atoms with Gasteiger partial charge in [0.05, 0.1) is 89.9 Å². The van der Waals surface area contributed by atoms with Crippen molar-refractivity contribution in [2.75, 3.05) is 66.2 Å². The van der Waals surface area contributed by atoms with Crippen LogP contribution in [0.25, 0.3) is 0 Å². The maximum Gasteiger partial charge on any atom is 0.306 e. The van der Waals surface area contributed by atoms with Crippen LogP contribution in [0, 0.1) is 5.92 Å². The molecule has 0 bridgehead atoms. The van der Waals surface area contributed by atoms with Gasteiger partial charge in [-0.05, 0) is 33.9 Å². The zero-order valence-electron chi connectivity index (χ0n) is 55.1. The Morgan fingerprint density at radius 1 is 0.316 bits per heavy atom. The van der Waals surface area contributed by atoms with Crippen LogP contribution >= 0.6 is 0 Å². The van der Waals surface area contributed by atoms with Crippen LogP contribution < -0.4 is 0 Å². The second-order valence-electron chi connectivity index (χ2n) is 21.7. The number of Topliss-reactive ketones (excluding diaryl/α,β-unsaturated/α-hetero) is 2. The number of likely N-dealkylation sites (N-methyl/N-ethyl adjacent to an activating group) is 1. The molecule has 8 N–H and O–H groups in total. The zero-order valence-corrected chi connectivity index (χ0v) is 55.1. The van der Waals surface area contributed by atoms with Crippen LogP contribution in [0.2, 0.25) is 0 Å². The summed E-state index contributed by atoms with van der Waals surface area (Å²) in [7, 11) is 1.75. The zero-order chi connectivity index (χ0) is 72.2. The third-order valence-corrected chi connectivity index (χ3v) is 12.6. The summed E-state index contributed by atoms with van der Waals surface area (Å²) >= 11 is 0. The average molecular weight is 1420 g/mol. The van der Waals surface area contributed by atoms with Crippen molar-refractivity contribution >= 4 is 95.1 Å². The lowest BCUT2D eigenvalue weighted by molar-refractivity contribution is -0.159. The molecular formula is C66H118N2O30. The molecule has 32 nitrogen and oxygen atoms in total. The van der Waals surface area contributed by atoms with Crippen LogP contribution in [-0.4, -0.2) is 224 Å². The molecule has 0 heterocycles. The molecule has 0 aliphatic heterocycles. The molecular weight excluding hydrogens is 1300 g/mol. The molecule has 0 fully saturated rings. The lowest BCUT2D eigenvalue weighted by Crippen LogP contribution is -2.38. The summed E-state index contributed by atoms with van der Waals surface area (Å²) in [5.74, 6) is -12.9. The number of unbranched alkanes of at least 4 members (excludes halogenated alkanes) is 11. The minimum absolute atomic E-state index is 0. The molecule has 98 heavy (non-hydrogen) atoms. The summed E-state index contributed by atoms with van der Waals surface area (Å²) in [6, 6.07) is 0. The Morgan fingerprint density at radius 2 is 0.622 bits per heavy atom. The van der Waals surface area contributed by atoms with Crippen molar-refractivity contribution in [1.29, 1.82) is 0 Å². The highest BCUT2D eigenvalue weighted by Gasteiger charge is 2.22. The van der Waals surface area contributed by atoms with E-state index in [2.05, 4.69) is 26.0 Å². The lowest BCUT2D eigenvalue weighted by Gasteiger charge is -2.28. The Balaban J connectivity index is -0.000000190. The highest BCUT2D eigenvalue weighted by Crippen LogP contribution is 2.15. The normalized spacial score (nSPS) is 10.9. The maximum absolute atomic E-state index is 12.3. The first-order valence-electron chi connectivity index (χ1n) is 31.4. The molecule has 0 aromatic rings. The molecule has 32 heteroatoms. The van der Waals surface area contributed by atoms with Gasteiger partial charge in [0.25, 0.3) is 0 Å². The quantitative estimate of drug-likeness (QED) is 0.0160. The largest absolute Gasteiger partial charge is 0.481 e. The lowest BCUT2D eigenvalue weighted by atomic mass is 10.0. The summed E-state index contributed by atoms with van der Waals surface area (Å²) in [4.78, 5) is 177. The van der Waals surface area contributed by atoms with Gasteiger partial charge < -0.3 is 74.2 Å². The van der Waals surface area contributed by atoms with Crippen LogP contribution in [0.15, 0.2) is 0 Å². The van der Waals surface area contributed by atoms with E-state index >= 15 is 0 Å². The van der Waals surface area contributed by atoms with Crippen molar-refractivity contribution in [3.63, 3.8) is 0 Å². The highest BCUT2D eigenvalue weighted by atomic mass is 16.6. The number of carboxylic acid groups (broad SMARTS) is 8. The molecule has 0 amide bonds. The summed E-state index contributed by atoms with van der Waals surface area (Å²) in [6.45, 7) is 9.42. The third-order valence-electron chi connectivity index (χ3n) is 12.6. The van der Waals surface area contributed by atoms with Crippen LogP contribution in [0.1, 0.15) is 244 Å². The number of aliphatic carboxylic acids is 8. The number of esters is 6. The maximum atomic E-state index is 12.3. The SMILES string of the molecule is C.C.C.C.CC(COC(=O)CCC(=O)O)OC(=O)CCC(=O)O.CCCCCCCCCCCCCCN(CC(C)OC(=O)CCC(=O)O)CC(C)C(=O)CCC(=O)O.CN(CCOC(=O)CCC(=O)O)CCC(=O)CCC(=O)O.O=C(O)CCC(=O)OCCOC(=O)CCC(=O)O. The molecule has 0 aromatic carbocycles. The Kier molecular flexibility index (Phi) is 75.8. The first-order valence-corrected chi connectivity index (χ1v) is 31.4. The summed E-state index contributed by atoms with van der Waals surface area (Å²) in [5.41, 5.74) is 0. The second-order valence-corrected chi connectivity index (χ2v) is 21.7. The number of carbonyl (C=O) groups is 16. The van der Waals surface area contributed by atoms with Gasteiger partial charge in [0.2, 0.25) is 0 Å². The van der Waals surface area contributed by atoms with Crippen molar-refractivity contribution in [3.05, 3.63) is 0 Å². The van der Waals surface area contributed by atoms with E-state index in [1.54, 1.807) is 18.9 Å². The smallest absolute Gasteiger partial charge is 0.306 e. The fourth-order valence-electron chi connectivity index (χ4n) is 7.58. The van der Waals surface area contributed by atoms with Gasteiger partial charge in [0.15, 0.2) is 0 Å². The van der Waals surface area contributed by atoms with E-state index < -0.39 is 95.8 Å². The van der Waals surface area contributed by atoms with Crippen LogP contribution in [0.5, 0.6) is 0 Å². The van der Waals surface area contributed by atoms with E-state index in [0.29, 0.717) is 26.2 Å².